The van der Waals surface area contributed by atoms with Gasteiger partial charge in [0.2, 0.25) is 0 Å². The third kappa shape index (κ3) is 5.81. The topological polar surface area (TPSA) is 57.4 Å². The molecule has 9 rings (SSSR count). The molecule has 4 nitrogen and oxygen atoms in total. The van der Waals surface area contributed by atoms with Crippen LogP contribution in [0.3, 0.4) is 0 Å². The van der Waals surface area contributed by atoms with E-state index in [0.717, 1.165) is 89.4 Å². The summed E-state index contributed by atoms with van der Waals surface area (Å²) < 4.78 is 0. The second kappa shape index (κ2) is 13.0. The van der Waals surface area contributed by atoms with Crippen LogP contribution < -0.4 is 0 Å². The minimum Gasteiger partial charge on any atom is -0.355 e. The molecule has 0 unspecified atom stereocenters. The Balaban J connectivity index is 0.00000348. The smallest absolute Gasteiger partial charge is 0.0815 e. The largest absolute Gasteiger partial charge is 0.355 e. The minimum atomic E-state index is 0. The van der Waals surface area contributed by atoms with E-state index in [1.165, 1.54) is 0 Å². The summed E-state index contributed by atoms with van der Waals surface area (Å²) in [6.45, 7) is 0. The molecular formula is C44H30N4Pd. The van der Waals surface area contributed by atoms with Crippen LogP contribution >= 0.6 is 0 Å². The maximum Gasteiger partial charge on any atom is 0.0815 e. The zero-order chi connectivity index (χ0) is 31.9. The summed E-state index contributed by atoms with van der Waals surface area (Å²) in [4.78, 5) is 17.9. The van der Waals surface area contributed by atoms with Crippen molar-refractivity contribution in [2.45, 2.75) is 0 Å². The molecule has 2 aliphatic heterocycles. The first-order valence-corrected chi connectivity index (χ1v) is 16.2. The average molecular weight is 721 g/mol. The number of aromatic amines is 2. The molecule has 0 amide bonds. The Hall–Kier alpha value is -5.86. The second-order valence-electron chi connectivity index (χ2n) is 12.0. The zero-order valence-electron chi connectivity index (χ0n) is 26.4. The van der Waals surface area contributed by atoms with Crippen LogP contribution in [0.2, 0.25) is 0 Å². The molecule has 5 heterocycles. The number of benzene rings is 4. The van der Waals surface area contributed by atoms with Crippen LogP contribution in [-0.4, -0.2) is 19.9 Å². The van der Waals surface area contributed by atoms with Crippen molar-refractivity contribution < 1.29 is 20.4 Å². The predicted molar refractivity (Wildman–Crippen MR) is 200 cm³/mol. The summed E-state index contributed by atoms with van der Waals surface area (Å²) >= 11 is 0. The Morgan fingerprint density at radius 2 is 0.898 bits per heavy atom. The van der Waals surface area contributed by atoms with Crippen molar-refractivity contribution in [2.75, 3.05) is 0 Å². The number of hydrogen-bond acceptors (Lipinski definition) is 2. The van der Waals surface area contributed by atoms with Gasteiger partial charge in [-0.1, -0.05) is 121 Å². The fourth-order valence-corrected chi connectivity index (χ4v) is 6.78. The predicted octanol–water partition coefficient (Wildman–Crippen LogP) is 11.1. The molecule has 2 aliphatic rings. The van der Waals surface area contributed by atoms with Gasteiger partial charge in [-0.3, -0.25) is 0 Å². The van der Waals surface area contributed by atoms with Crippen molar-refractivity contribution in [2.24, 2.45) is 0 Å². The molecular weight excluding hydrogens is 691 g/mol. The van der Waals surface area contributed by atoms with Crippen molar-refractivity contribution in [3.05, 3.63) is 180 Å². The number of nitrogens with one attached hydrogen (secondary N) is 2. The maximum absolute atomic E-state index is 5.42. The molecule has 236 valence electrons. The standard InChI is InChI=1S/C44H30N4.Pd/c1-5-13-29(14-6-1)38-27-37-26-35-22-21-33(45-35)25-34-23-24-36(46-34)28-39-40(30-15-7-2-8-16-30)41(31-17-9-3-10-18-31)44(48-39)42(43(38)47-37)32-19-11-4-12-20-32;/h1-28,45,48H;. The number of H-pyrrole nitrogens is 2. The van der Waals surface area contributed by atoms with Crippen molar-refractivity contribution >= 4 is 45.9 Å². The third-order valence-corrected chi connectivity index (χ3v) is 8.89. The van der Waals surface area contributed by atoms with E-state index in [0.29, 0.717) is 0 Å². The van der Waals surface area contributed by atoms with Crippen LogP contribution in [-0.2, 0) is 20.4 Å². The van der Waals surface area contributed by atoms with Gasteiger partial charge < -0.3 is 9.97 Å². The molecule has 0 saturated heterocycles. The zero-order valence-corrected chi connectivity index (χ0v) is 27.9. The van der Waals surface area contributed by atoms with Crippen LogP contribution in [0, 0.1) is 0 Å². The Labute approximate surface area is 298 Å². The van der Waals surface area contributed by atoms with E-state index in [1.54, 1.807) is 0 Å². The summed E-state index contributed by atoms with van der Waals surface area (Å²) in [5.74, 6) is 0. The summed E-state index contributed by atoms with van der Waals surface area (Å²) in [6, 6.07) is 53.0. The summed E-state index contributed by atoms with van der Waals surface area (Å²) in [7, 11) is 0. The van der Waals surface area contributed by atoms with Gasteiger partial charge in [-0.2, -0.15) is 0 Å². The van der Waals surface area contributed by atoms with Crippen molar-refractivity contribution in [3.8, 4) is 33.4 Å². The van der Waals surface area contributed by atoms with Crippen LogP contribution in [0.4, 0.5) is 0 Å². The Morgan fingerprint density at radius 3 is 1.49 bits per heavy atom. The average Bonchev–Trinajstić information content (AvgIpc) is 3.94. The summed E-state index contributed by atoms with van der Waals surface area (Å²) in [5.41, 5.74) is 16.3. The van der Waals surface area contributed by atoms with E-state index >= 15 is 0 Å². The molecule has 2 N–H and O–H groups in total. The molecule has 0 saturated carbocycles. The van der Waals surface area contributed by atoms with Crippen LogP contribution in [0.25, 0.3) is 79.2 Å². The molecule has 0 fully saturated rings. The fraction of sp³-hybridized carbons (Fsp3) is 0. The molecule has 3 aromatic heterocycles. The van der Waals surface area contributed by atoms with Crippen LogP contribution in [0.15, 0.2) is 152 Å². The number of nitrogens with zero attached hydrogens (tertiary/aromatic N) is 2. The van der Waals surface area contributed by atoms with E-state index in [1.807, 2.05) is 0 Å². The first-order chi connectivity index (χ1) is 23.8. The Bertz CT molecular complexity index is 2530. The summed E-state index contributed by atoms with van der Waals surface area (Å²) in [5, 5.41) is 0. The molecule has 0 radical (unpaired) electrons. The van der Waals surface area contributed by atoms with Gasteiger partial charge in [0.15, 0.2) is 0 Å². The Kier molecular flexibility index (Phi) is 8.07. The van der Waals surface area contributed by atoms with Gasteiger partial charge in [0.05, 0.1) is 28.3 Å². The first-order valence-electron chi connectivity index (χ1n) is 16.2. The van der Waals surface area contributed by atoms with E-state index in [9.17, 15) is 0 Å². The van der Waals surface area contributed by atoms with E-state index in [4.69, 9.17) is 9.97 Å². The molecule has 49 heavy (non-hydrogen) atoms. The number of fused-ring (bicyclic) bond motifs is 8. The van der Waals surface area contributed by atoms with Gasteiger partial charge in [0.1, 0.15) is 0 Å². The fourth-order valence-electron chi connectivity index (χ4n) is 6.78. The van der Waals surface area contributed by atoms with Crippen molar-refractivity contribution in [1.29, 1.82) is 0 Å². The quantitative estimate of drug-likeness (QED) is 0.178. The van der Waals surface area contributed by atoms with E-state index < -0.39 is 0 Å². The van der Waals surface area contributed by atoms with Gasteiger partial charge in [0, 0.05) is 59.2 Å². The molecule has 7 aromatic rings. The SMILES string of the molecule is C1=Cc2cc3[nH]c(c(-c4ccccc4)c4nc(cc5ccc(cc1n2)[nH]5)C=C4c1ccccc1)c(-c1ccccc1)c3-c1ccccc1.[Pd]. The number of hydrogen-bond donors (Lipinski definition) is 2. The van der Waals surface area contributed by atoms with Gasteiger partial charge in [0.25, 0.3) is 0 Å². The molecule has 8 bridgehead atoms. The molecule has 4 aromatic carbocycles. The second-order valence-corrected chi connectivity index (χ2v) is 12.0. The molecule has 0 spiro atoms. The monoisotopic (exact) mass is 720 g/mol. The third-order valence-electron chi connectivity index (χ3n) is 8.89. The number of rotatable bonds is 4. The van der Waals surface area contributed by atoms with Gasteiger partial charge in [-0.25, -0.2) is 9.97 Å². The van der Waals surface area contributed by atoms with Gasteiger partial charge in [-0.05, 0) is 70.8 Å². The van der Waals surface area contributed by atoms with Crippen LogP contribution in [0.1, 0.15) is 28.3 Å². The summed E-state index contributed by atoms with van der Waals surface area (Å²) in [6.07, 6.45) is 6.35. The Morgan fingerprint density at radius 1 is 0.408 bits per heavy atom. The van der Waals surface area contributed by atoms with Crippen molar-refractivity contribution in [1.82, 2.24) is 19.9 Å². The van der Waals surface area contributed by atoms with Gasteiger partial charge in [-0.15, -0.1) is 0 Å². The van der Waals surface area contributed by atoms with E-state index in [2.05, 4.69) is 180 Å². The minimum absolute atomic E-state index is 0. The molecule has 0 aliphatic carbocycles. The van der Waals surface area contributed by atoms with Gasteiger partial charge >= 0.3 is 0 Å². The molecule has 5 heteroatoms. The normalized spacial score (nSPS) is 12.0. The molecule has 0 atom stereocenters. The first kappa shape index (κ1) is 30.5. The van der Waals surface area contributed by atoms with E-state index in [-0.39, 0.29) is 20.4 Å². The van der Waals surface area contributed by atoms with Crippen molar-refractivity contribution in [3.63, 3.8) is 0 Å². The maximum atomic E-state index is 5.42. The van der Waals surface area contributed by atoms with Crippen LogP contribution in [0.5, 0.6) is 0 Å². The number of aromatic nitrogens is 4.